The second-order valence-corrected chi connectivity index (χ2v) is 19.7. The third-order valence-electron chi connectivity index (χ3n) is 13.2. The number of unbranched alkanes of at least 4 members (excludes halogenated alkanes) is 3. The van der Waals surface area contributed by atoms with Crippen LogP contribution in [0.3, 0.4) is 0 Å². The summed E-state index contributed by atoms with van der Waals surface area (Å²) in [4.78, 5) is 61.4. The summed E-state index contributed by atoms with van der Waals surface area (Å²) in [5.74, 6) is 1.29. The summed E-state index contributed by atoms with van der Waals surface area (Å²) < 4.78 is 12.1. The summed E-state index contributed by atoms with van der Waals surface area (Å²) in [6, 6.07) is 8.43. The average molecular weight is 859 g/mol. The van der Waals surface area contributed by atoms with Crippen LogP contribution in [0.1, 0.15) is 190 Å². The van der Waals surface area contributed by atoms with Gasteiger partial charge in [-0.05, 0) is 150 Å². The fraction of sp³-hybridized carbons (Fsp3) is 0.686. The zero-order valence-electron chi connectivity index (χ0n) is 40.0. The van der Waals surface area contributed by atoms with E-state index < -0.39 is 11.2 Å². The van der Waals surface area contributed by atoms with Gasteiger partial charge in [0.15, 0.2) is 11.2 Å². The minimum atomic E-state index is -0.962. The first kappa shape index (κ1) is 48.9. The molecule has 6 rings (SSSR count). The minimum absolute atomic E-state index is 0.0358. The number of aliphatic hydroxyl groups is 1. The van der Waals surface area contributed by atoms with Gasteiger partial charge in [0.25, 0.3) is 23.6 Å². The van der Waals surface area contributed by atoms with E-state index in [4.69, 9.17) is 9.47 Å². The molecule has 2 saturated carbocycles. The van der Waals surface area contributed by atoms with E-state index in [-0.39, 0.29) is 48.4 Å². The van der Waals surface area contributed by atoms with E-state index in [0.717, 1.165) is 61.8 Å². The number of aliphatic hydroxyl groups excluding tert-OH is 1. The number of hydrogen-bond acceptors (Lipinski definition) is 7. The Bertz CT molecular complexity index is 1760. The Morgan fingerprint density at radius 3 is 1.35 bits per heavy atom. The summed E-state index contributed by atoms with van der Waals surface area (Å²) in [6.45, 7) is 22.9. The summed E-state index contributed by atoms with van der Waals surface area (Å²) in [5, 5.41) is 9.17. The van der Waals surface area contributed by atoms with Gasteiger partial charge in [-0.15, -0.1) is 0 Å². The van der Waals surface area contributed by atoms with Gasteiger partial charge in [0.2, 0.25) is 0 Å². The van der Waals surface area contributed by atoms with Gasteiger partial charge in [0.1, 0.15) is 11.5 Å². The molecule has 2 aromatic carbocycles. The lowest BCUT2D eigenvalue weighted by Gasteiger charge is -2.40. The molecule has 4 amide bonds. The first-order valence-corrected chi connectivity index (χ1v) is 23.9. The van der Waals surface area contributed by atoms with Crippen LogP contribution < -0.4 is 19.3 Å². The molecule has 62 heavy (non-hydrogen) atoms. The Morgan fingerprint density at radius 2 is 1.02 bits per heavy atom. The third kappa shape index (κ3) is 11.0. The van der Waals surface area contributed by atoms with Gasteiger partial charge in [-0.2, -0.15) is 0 Å². The molecule has 0 saturated heterocycles. The molecule has 2 aromatic rings. The maximum Gasteiger partial charge on any atom is 0.270 e. The first-order valence-electron chi connectivity index (χ1n) is 23.9. The number of amides is 4. The molecule has 11 heteroatoms. The Balaban J connectivity index is 0.000000234. The van der Waals surface area contributed by atoms with Crippen molar-refractivity contribution >= 4 is 35.0 Å². The van der Waals surface area contributed by atoms with Gasteiger partial charge in [-0.3, -0.25) is 19.2 Å². The molecule has 0 atom stereocenters. The molecule has 0 spiro atoms. The number of rotatable bonds is 14. The molecule has 4 aliphatic rings. The van der Waals surface area contributed by atoms with E-state index in [9.17, 15) is 24.3 Å². The van der Waals surface area contributed by atoms with Gasteiger partial charge in [0, 0.05) is 55.0 Å². The van der Waals surface area contributed by atoms with E-state index in [0.29, 0.717) is 60.3 Å². The minimum Gasteiger partial charge on any atom is -0.476 e. The molecule has 2 fully saturated rings. The number of anilines is 2. The second-order valence-electron chi connectivity index (χ2n) is 19.7. The number of carbonyl (C=O) groups excluding carboxylic acids is 4. The molecule has 0 radical (unpaired) electrons. The highest BCUT2D eigenvalue weighted by molar-refractivity contribution is 6.06. The summed E-state index contributed by atoms with van der Waals surface area (Å²) in [6.07, 6.45) is 15.9. The van der Waals surface area contributed by atoms with Crippen molar-refractivity contribution in [2.75, 3.05) is 29.5 Å². The van der Waals surface area contributed by atoms with Gasteiger partial charge in [0.05, 0.1) is 11.4 Å². The van der Waals surface area contributed by atoms with E-state index in [2.05, 4.69) is 39.5 Å². The summed E-state index contributed by atoms with van der Waals surface area (Å²) in [5.41, 5.74) is 2.63. The Kier molecular flexibility index (Phi) is 16.6. The number of benzene rings is 2. The SMILES string of the molecule is CCCCCN1C(=O)C(C)(C)Oc2cc(C)c(C(=O)N(C(C)C)C3CCCCC3)cc21.Cc1cc2c(cc1C(=O)N(C(C)C)C1CCCCC1)N(CCCCO)C(=O)C(C)(C)O2. The Labute approximate surface area is 372 Å². The summed E-state index contributed by atoms with van der Waals surface area (Å²) in [7, 11) is 0. The van der Waals surface area contributed by atoms with Crippen LogP contribution in [0.2, 0.25) is 0 Å². The summed E-state index contributed by atoms with van der Waals surface area (Å²) >= 11 is 0. The van der Waals surface area contributed by atoms with Crippen LogP contribution in [0.25, 0.3) is 0 Å². The fourth-order valence-corrected chi connectivity index (χ4v) is 9.88. The van der Waals surface area contributed by atoms with Crippen LogP contribution in [0.5, 0.6) is 11.5 Å². The zero-order chi connectivity index (χ0) is 45.5. The van der Waals surface area contributed by atoms with Gasteiger partial charge < -0.3 is 34.2 Å². The van der Waals surface area contributed by atoms with Crippen molar-refractivity contribution in [1.82, 2.24) is 9.80 Å². The quantitative estimate of drug-likeness (QED) is 0.188. The van der Waals surface area contributed by atoms with Crippen LogP contribution >= 0.6 is 0 Å². The van der Waals surface area contributed by atoms with Crippen molar-refractivity contribution < 1.29 is 33.8 Å². The van der Waals surface area contributed by atoms with Crippen molar-refractivity contribution in [1.29, 1.82) is 0 Å². The van der Waals surface area contributed by atoms with Crippen molar-refractivity contribution in [3.05, 3.63) is 46.5 Å². The molecule has 11 nitrogen and oxygen atoms in total. The highest BCUT2D eigenvalue weighted by atomic mass is 16.5. The highest BCUT2D eigenvalue weighted by Crippen LogP contribution is 2.42. The molecule has 0 unspecified atom stereocenters. The molecule has 2 aliphatic heterocycles. The average Bonchev–Trinajstić information content (AvgIpc) is 3.21. The van der Waals surface area contributed by atoms with E-state index in [1.807, 2.05) is 61.8 Å². The lowest BCUT2D eigenvalue weighted by atomic mass is 9.92. The number of carbonyl (C=O) groups is 4. The van der Waals surface area contributed by atoms with Crippen molar-refractivity contribution in [2.45, 2.75) is 208 Å². The zero-order valence-corrected chi connectivity index (χ0v) is 40.0. The van der Waals surface area contributed by atoms with Crippen LogP contribution in [0, 0.1) is 13.8 Å². The maximum absolute atomic E-state index is 13.7. The maximum atomic E-state index is 13.7. The predicted molar refractivity (Wildman–Crippen MR) is 249 cm³/mol. The van der Waals surface area contributed by atoms with Crippen LogP contribution in [-0.4, -0.2) is 93.6 Å². The Hall–Kier alpha value is -4.12. The molecular weight excluding hydrogens is 781 g/mol. The number of hydrogen-bond donors (Lipinski definition) is 1. The smallest absolute Gasteiger partial charge is 0.270 e. The lowest BCUT2D eigenvalue weighted by Crippen LogP contribution is -2.53. The number of fused-ring (bicyclic) bond motifs is 2. The topological polar surface area (TPSA) is 120 Å². The molecular formula is C51H78N4O7. The van der Waals surface area contributed by atoms with Crippen molar-refractivity contribution in [3.63, 3.8) is 0 Å². The number of aryl methyl sites for hydroxylation is 2. The standard InChI is InChI=1S/C26H40N2O3.C25H38N2O4/c1-7-8-12-15-27-22-17-21(19(4)16-23(22)31-26(5,6)25(27)30)24(29)28(18(2)3)20-13-10-9-11-14-20;1-17(2)27(19-11-7-6-8-12-19)23(29)20-16-21-22(15-18(20)3)31-25(4,5)24(30)26(21)13-9-10-14-28/h16-18,20H,7-15H2,1-6H3;15-17,19,28H,6-14H2,1-5H3. The molecule has 0 bridgehead atoms. The van der Waals surface area contributed by atoms with Gasteiger partial charge in [-0.1, -0.05) is 58.3 Å². The third-order valence-corrected chi connectivity index (χ3v) is 13.2. The largest absolute Gasteiger partial charge is 0.476 e. The molecule has 1 N–H and O–H groups in total. The fourth-order valence-electron chi connectivity index (χ4n) is 9.88. The lowest BCUT2D eigenvalue weighted by molar-refractivity contribution is -0.133. The van der Waals surface area contributed by atoms with Gasteiger partial charge >= 0.3 is 0 Å². The number of ether oxygens (including phenoxy) is 2. The van der Waals surface area contributed by atoms with Crippen molar-refractivity contribution in [3.8, 4) is 11.5 Å². The highest BCUT2D eigenvalue weighted by Gasteiger charge is 2.43. The second kappa shape index (κ2) is 21.0. The van der Waals surface area contributed by atoms with Crippen LogP contribution in [0.15, 0.2) is 24.3 Å². The molecule has 0 aromatic heterocycles. The normalized spacial score (nSPS) is 18.7. The van der Waals surface area contributed by atoms with Crippen molar-refractivity contribution in [2.24, 2.45) is 0 Å². The first-order chi connectivity index (χ1) is 29.3. The van der Waals surface area contributed by atoms with E-state index in [1.54, 1.807) is 18.7 Å². The predicted octanol–water partition coefficient (Wildman–Crippen LogP) is 10.3. The molecule has 344 valence electrons. The van der Waals surface area contributed by atoms with Gasteiger partial charge in [-0.25, -0.2) is 0 Å². The number of nitrogens with zero attached hydrogens (tertiary/aromatic N) is 4. The molecule has 2 heterocycles. The van der Waals surface area contributed by atoms with Crippen LogP contribution in [0.4, 0.5) is 11.4 Å². The van der Waals surface area contributed by atoms with Crippen LogP contribution in [-0.2, 0) is 9.59 Å². The van der Waals surface area contributed by atoms with E-state index >= 15 is 0 Å². The molecule has 2 aliphatic carbocycles. The Morgan fingerprint density at radius 1 is 0.645 bits per heavy atom. The monoisotopic (exact) mass is 859 g/mol. The van der Waals surface area contributed by atoms with E-state index in [1.165, 1.54) is 38.5 Å².